The Balaban J connectivity index is 1.81. The van der Waals surface area contributed by atoms with Crippen LogP contribution in [0.2, 0.25) is 0 Å². The summed E-state index contributed by atoms with van der Waals surface area (Å²) in [5.74, 6) is 1.19. The zero-order valence-corrected chi connectivity index (χ0v) is 17.4. The summed E-state index contributed by atoms with van der Waals surface area (Å²) in [6, 6.07) is 9.51. The van der Waals surface area contributed by atoms with Crippen LogP contribution in [0.3, 0.4) is 0 Å². The first kappa shape index (κ1) is 19.4. The molecule has 152 valence electrons. The zero-order chi connectivity index (χ0) is 20.4. The molecule has 0 radical (unpaired) electrons. The van der Waals surface area contributed by atoms with Gasteiger partial charge in [0.15, 0.2) is 0 Å². The molecule has 0 bridgehead atoms. The molecular weight excluding hydrogens is 388 g/mol. The van der Waals surface area contributed by atoms with E-state index in [9.17, 15) is 9.59 Å². The van der Waals surface area contributed by atoms with Crippen molar-refractivity contribution in [3.8, 4) is 5.75 Å². The summed E-state index contributed by atoms with van der Waals surface area (Å²) in [6.07, 6.45) is 2.78. The lowest BCUT2D eigenvalue weighted by Crippen LogP contribution is -2.26. The summed E-state index contributed by atoms with van der Waals surface area (Å²) in [5, 5.41) is 6.34. The number of aryl methyl sites for hydroxylation is 1. The molecule has 3 heterocycles. The molecule has 0 aliphatic carbocycles. The van der Waals surface area contributed by atoms with Gasteiger partial charge < -0.3 is 4.74 Å². The van der Waals surface area contributed by atoms with E-state index in [0.717, 1.165) is 30.6 Å². The molecule has 0 aliphatic heterocycles. The molecule has 4 aromatic rings. The number of hydrogen-bond donors (Lipinski definition) is 0. The van der Waals surface area contributed by atoms with Gasteiger partial charge in [-0.1, -0.05) is 32.4 Å². The van der Waals surface area contributed by atoms with Gasteiger partial charge in [-0.25, -0.2) is 13.9 Å². The van der Waals surface area contributed by atoms with E-state index < -0.39 is 0 Å². The standard InChI is InChI=1S/C21H24N4O3S/c1-3-5-11-24-21(27)25-17-10-13-29-18(17)19(26)23(20(25)22-24)14-15-6-8-16(9-7-15)28-12-4-2/h6-10,13H,3-5,11-12,14H2,1-2H3. The Morgan fingerprint density at radius 3 is 2.59 bits per heavy atom. The van der Waals surface area contributed by atoms with E-state index in [1.165, 1.54) is 16.0 Å². The molecule has 0 N–H and O–H groups in total. The highest BCUT2D eigenvalue weighted by atomic mass is 32.1. The van der Waals surface area contributed by atoms with E-state index >= 15 is 0 Å². The number of thiophene rings is 1. The minimum Gasteiger partial charge on any atom is -0.494 e. The number of nitrogens with zero attached hydrogens (tertiary/aromatic N) is 4. The third-order valence-electron chi connectivity index (χ3n) is 4.85. The average Bonchev–Trinajstić information content (AvgIpc) is 3.34. The van der Waals surface area contributed by atoms with Crippen LogP contribution in [0.25, 0.3) is 16.0 Å². The van der Waals surface area contributed by atoms with Crippen LogP contribution in [0.15, 0.2) is 45.3 Å². The van der Waals surface area contributed by atoms with Gasteiger partial charge in [-0.15, -0.1) is 16.4 Å². The van der Waals surface area contributed by atoms with Crippen molar-refractivity contribution < 1.29 is 4.74 Å². The smallest absolute Gasteiger partial charge is 0.352 e. The van der Waals surface area contributed by atoms with E-state index in [1.807, 2.05) is 35.7 Å². The van der Waals surface area contributed by atoms with E-state index in [-0.39, 0.29) is 11.2 Å². The van der Waals surface area contributed by atoms with Crippen LogP contribution in [0.4, 0.5) is 0 Å². The molecule has 0 saturated carbocycles. The molecule has 4 rings (SSSR count). The summed E-state index contributed by atoms with van der Waals surface area (Å²) in [5.41, 5.74) is 1.25. The fourth-order valence-corrected chi connectivity index (χ4v) is 4.15. The molecule has 0 unspecified atom stereocenters. The fourth-order valence-electron chi connectivity index (χ4n) is 3.32. The number of rotatable bonds is 8. The van der Waals surface area contributed by atoms with Gasteiger partial charge in [0, 0.05) is 6.54 Å². The van der Waals surface area contributed by atoms with Crippen LogP contribution in [-0.2, 0) is 13.1 Å². The first-order valence-electron chi connectivity index (χ1n) is 9.95. The first-order valence-corrected chi connectivity index (χ1v) is 10.8. The number of unbranched alkanes of at least 4 members (excludes halogenated alkanes) is 1. The number of benzene rings is 1. The monoisotopic (exact) mass is 412 g/mol. The van der Waals surface area contributed by atoms with Gasteiger partial charge in [-0.2, -0.15) is 0 Å². The number of aromatic nitrogens is 4. The largest absolute Gasteiger partial charge is 0.494 e. The lowest BCUT2D eigenvalue weighted by molar-refractivity contribution is 0.317. The van der Waals surface area contributed by atoms with Gasteiger partial charge >= 0.3 is 5.69 Å². The molecular formula is C21H24N4O3S. The Bertz CT molecular complexity index is 1250. The van der Waals surface area contributed by atoms with Crippen LogP contribution in [-0.4, -0.2) is 25.4 Å². The van der Waals surface area contributed by atoms with Crippen molar-refractivity contribution in [2.45, 2.75) is 46.2 Å². The highest BCUT2D eigenvalue weighted by Crippen LogP contribution is 2.19. The number of hydrogen-bond acceptors (Lipinski definition) is 5. The molecule has 1 aromatic carbocycles. The second kappa shape index (κ2) is 8.24. The fraction of sp³-hybridized carbons (Fsp3) is 0.381. The summed E-state index contributed by atoms with van der Waals surface area (Å²) < 4.78 is 10.8. The minimum atomic E-state index is -0.200. The highest BCUT2D eigenvalue weighted by Gasteiger charge is 2.18. The molecule has 8 heteroatoms. The number of fused-ring (bicyclic) bond motifs is 3. The van der Waals surface area contributed by atoms with E-state index in [1.54, 1.807) is 8.97 Å². The van der Waals surface area contributed by atoms with Gasteiger partial charge in [0.1, 0.15) is 10.4 Å². The van der Waals surface area contributed by atoms with Gasteiger partial charge in [0.2, 0.25) is 5.78 Å². The lowest BCUT2D eigenvalue weighted by atomic mass is 10.2. The second-order valence-corrected chi connectivity index (χ2v) is 7.93. The second-order valence-electron chi connectivity index (χ2n) is 7.01. The summed E-state index contributed by atoms with van der Waals surface area (Å²) in [4.78, 5) is 26.1. The van der Waals surface area contributed by atoms with Gasteiger partial charge in [0.05, 0.1) is 18.7 Å². The first-order chi connectivity index (χ1) is 14.1. The lowest BCUT2D eigenvalue weighted by Gasteiger charge is -2.09. The van der Waals surface area contributed by atoms with Crippen molar-refractivity contribution in [2.75, 3.05) is 6.61 Å². The minimum absolute atomic E-state index is 0.124. The van der Waals surface area contributed by atoms with Gasteiger partial charge in [-0.05, 0) is 42.0 Å². The van der Waals surface area contributed by atoms with Crippen LogP contribution < -0.4 is 16.0 Å². The maximum absolute atomic E-state index is 13.1. The topological polar surface area (TPSA) is 70.5 Å². The van der Waals surface area contributed by atoms with Crippen molar-refractivity contribution in [3.05, 3.63) is 62.1 Å². The molecule has 29 heavy (non-hydrogen) atoms. The van der Waals surface area contributed by atoms with Crippen molar-refractivity contribution in [1.29, 1.82) is 0 Å². The predicted molar refractivity (Wildman–Crippen MR) is 115 cm³/mol. The molecule has 0 fully saturated rings. The Hall–Kier alpha value is -2.87. The van der Waals surface area contributed by atoms with Crippen molar-refractivity contribution >= 4 is 27.3 Å². The Labute approximate surface area is 171 Å². The molecule has 0 saturated heterocycles. The van der Waals surface area contributed by atoms with Crippen LogP contribution in [0.5, 0.6) is 5.75 Å². The Morgan fingerprint density at radius 2 is 1.86 bits per heavy atom. The van der Waals surface area contributed by atoms with Crippen LogP contribution in [0, 0.1) is 0 Å². The van der Waals surface area contributed by atoms with Crippen molar-refractivity contribution in [3.63, 3.8) is 0 Å². The summed E-state index contributed by atoms with van der Waals surface area (Å²) in [7, 11) is 0. The quantitative estimate of drug-likeness (QED) is 0.444. The molecule has 0 amide bonds. The van der Waals surface area contributed by atoms with Crippen molar-refractivity contribution in [2.24, 2.45) is 0 Å². The third kappa shape index (κ3) is 3.60. The normalized spacial score (nSPS) is 11.5. The van der Waals surface area contributed by atoms with E-state index in [2.05, 4.69) is 18.9 Å². The summed E-state index contributed by atoms with van der Waals surface area (Å²) >= 11 is 1.35. The van der Waals surface area contributed by atoms with Crippen LogP contribution >= 0.6 is 11.3 Å². The van der Waals surface area contributed by atoms with Gasteiger partial charge in [0.25, 0.3) is 5.56 Å². The molecule has 3 aromatic heterocycles. The maximum atomic E-state index is 13.1. The third-order valence-corrected chi connectivity index (χ3v) is 5.74. The summed E-state index contributed by atoms with van der Waals surface area (Å²) in [6.45, 7) is 5.69. The average molecular weight is 413 g/mol. The Kier molecular flexibility index (Phi) is 5.53. The molecule has 7 nitrogen and oxygen atoms in total. The van der Waals surface area contributed by atoms with Gasteiger partial charge in [-0.3, -0.25) is 9.36 Å². The highest BCUT2D eigenvalue weighted by molar-refractivity contribution is 7.17. The van der Waals surface area contributed by atoms with Crippen molar-refractivity contribution in [1.82, 2.24) is 18.7 Å². The molecule has 0 atom stereocenters. The SMILES string of the molecule is CCCCn1nc2n(Cc3ccc(OCCC)cc3)c(=O)c3sccc3n2c1=O. The van der Waals surface area contributed by atoms with Crippen LogP contribution in [0.1, 0.15) is 38.7 Å². The number of ether oxygens (including phenoxy) is 1. The maximum Gasteiger partial charge on any atom is 0.352 e. The molecule has 0 aliphatic rings. The molecule has 0 spiro atoms. The Morgan fingerprint density at radius 1 is 1.07 bits per heavy atom. The van der Waals surface area contributed by atoms with E-state index in [4.69, 9.17) is 4.74 Å². The predicted octanol–water partition coefficient (Wildman–Crippen LogP) is 3.51. The zero-order valence-electron chi connectivity index (χ0n) is 16.6. The van der Waals surface area contributed by atoms with E-state index in [0.29, 0.717) is 35.7 Å².